The molecular formula is C8H12F3N3O2. The maximum Gasteiger partial charge on any atom is 0.411 e. The summed E-state index contributed by atoms with van der Waals surface area (Å²) in [5.41, 5.74) is 0. The van der Waals surface area contributed by atoms with Crippen LogP contribution in [-0.4, -0.2) is 29.5 Å². The average molecular weight is 239 g/mol. The molecule has 0 unspecified atom stereocenters. The van der Waals surface area contributed by atoms with E-state index in [-0.39, 0.29) is 12.5 Å². The van der Waals surface area contributed by atoms with Crippen LogP contribution in [0.25, 0.3) is 0 Å². The smallest absolute Gasteiger partial charge is 0.362 e. The number of hydrogen-bond acceptors (Lipinski definition) is 5. The Morgan fingerprint density at radius 2 is 2.19 bits per heavy atom. The number of aromatic nitrogens is 2. The summed E-state index contributed by atoms with van der Waals surface area (Å²) >= 11 is 0. The Balaban J connectivity index is 2.29. The van der Waals surface area contributed by atoms with Gasteiger partial charge in [-0.2, -0.15) is 18.2 Å². The first-order valence-electron chi connectivity index (χ1n) is 4.68. The number of rotatable bonds is 6. The van der Waals surface area contributed by atoms with Crippen LogP contribution < -0.4 is 5.32 Å². The zero-order valence-corrected chi connectivity index (χ0v) is 8.67. The fraction of sp³-hybridized carbons (Fsp3) is 0.750. The molecule has 0 fully saturated rings. The predicted molar refractivity (Wildman–Crippen MR) is 47.4 cm³/mol. The Kier molecular flexibility index (Phi) is 4.69. The third kappa shape index (κ3) is 5.08. The Hall–Kier alpha value is -1.15. The molecule has 0 aromatic carbocycles. The first kappa shape index (κ1) is 12.9. The van der Waals surface area contributed by atoms with E-state index < -0.39 is 12.8 Å². The summed E-state index contributed by atoms with van der Waals surface area (Å²) in [5, 5.41) is 6.51. The van der Waals surface area contributed by atoms with Gasteiger partial charge in [0, 0.05) is 0 Å². The van der Waals surface area contributed by atoms with Gasteiger partial charge in [-0.15, -0.1) is 0 Å². The van der Waals surface area contributed by atoms with Crippen molar-refractivity contribution in [2.75, 3.05) is 13.2 Å². The van der Waals surface area contributed by atoms with Crippen LogP contribution in [0.15, 0.2) is 4.52 Å². The molecule has 1 N–H and O–H groups in total. The van der Waals surface area contributed by atoms with Crippen molar-refractivity contribution in [3.8, 4) is 0 Å². The number of ether oxygens (including phenoxy) is 1. The summed E-state index contributed by atoms with van der Waals surface area (Å²) in [4.78, 5) is 3.83. The molecule has 0 aliphatic carbocycles. The van der Waals surface area contributed by atoms with E-state index in [0.717, 1.165) is 6.54 Å². The maximum atomic E-state index is 11.7. The van der Waals surface area contributed by atoms with E-state index in [1.807, 2.05) is 6.92 Å². The van der Waals surface area contributed by atoms with Gasteiger partial charge in [-0.05, 0) is 6.54 Å². The highest BCUT2D eigenvalue weighted by Crippen LogP contribution is 2.15. The lowest BCUT2D eigenvalue weighted by atomic mass is 10.5. The minimum Gasteiger partial charge on any atom is -0.362 e. The van der Waals surface area contributed by atoms with Gasteiger partial charge in [0.2, 0.25) is 0 Å². The van der Waals surface area contributed by atoms with Crippen molar-refractivity contribution in [1.29, 1.82) is 0 Å². The summed E-state index contributed by atoms with van der Waals surface area (Å²) in [7, 11) is 0. The van der Waals surface area contributed by atoms with Crippen LogP contribution in [0.5, 0.6) is 0 Å². The number of nitrogens with zero attached hydrogens (tertiary/aromatic N) is 2. The van der Waals surface area contributed by atoms with Crippen LogP contribution in [0, 0.1) is 0 Å². The van der Waals surface area contributed by atoms with Crippen molar-refractivity contribution >= 4 is 0 Å². The summed E-state index contributed by atoms with van der Waals surface area (Å²) in [6, 6.07) is 0. The van der Waals surface area contributed by atoms with Crippen molar-refractivity contribution in [1.82, 2.24) is 15.5 Å². The van der Waals surface area contributed by atoms with Crippen LogP contribution in [0.1, 0.15) is 18.6 Å². The van der Waals surface area contributed by atoms with Gasteiger partial charge in [0.25, 0.3) is 5.89 Å². The van der Waals surface area contributed by atoms with E-state index in [1.165, 1.54) is 0 Å². The van der Waals surface area contributed by atoms with Gasteiger partial charge in [-0.1, -0.05) is 12.1 Å². The zero-order valence-electron chi connectivity index (χ0n) is 8.67. The zero-order chi connectivity index (χ0) is 12.0. The third-order valence-electron chi connectivity index (χ3n) is 1.53. The molecule has 0 aliphatic rings. The summed E-state index contributed by atoms with van der Waals surface area (Å²) in [6.45, 7) is 1.41. The molecule has 1 heterocycles. The Labute approximate surface area is 90.0 Å². The molecular weight excluding hydrogens is 227 g/mol. The fourth-order valence-corrected chi connectivity index (χ4v) is 0.911. The highest BCUT2D eigenvalue weighted by molar-refractivity contribution is 4.84. The van der Waals surface area contributed by atoms with Gasteiger partial charge < -0.3 is 14.6 Å². The van der Waals surface area contributed by atoms with E-state index in [4.69, 9.17) is 0 Å². The second kappa shape index (κ2) is 5.80. The first-order chi connectivity index (χ1) is 7.51. The van der Waals surface area contributed by atoms with E-state index in [0.29, 0.717) is 12.4 Å². The molecule has 16 heavy (non-hydrogen) atoms. The molecule has 92 valence electrons. The highest BCUT2D eigenvalue weighted by atomic mass is 19.4. The topological polar surface area (TPSA) is 60.2 Å². The van der Waals surface area contributed by atoms with E-state index in [2.05, 4.69) is 24.7 Å². The van der Waals surface area contributed by atoms with Gasteiger partial charge >= 0.3 is 6.18 Å². The van der Waals surface area contributed by atoms with E-state index in [1.54, 1.807) is 0 Å². The Bertz CT molecular complexity index is 314. The van der Waals surface area contributed by atoms with E-state index in [9.17, 15) is 13.2 Å². The minimum atomic E-state index is -4.34. The number of halogens is 3. The lowest BCUT2D eigenvalue weighted by Crippen LogP contribution is -2.16. The Morgan fingerprint density at radius 3 is 2.81 bits per heavy atom. The maximum absolute atomic E-state index is 11.7. The molecule has 0 bridgehead atoms. The predicted octanol–water partition coefficient (Wildman–Crippen LogP) is 1.26. The van der Waals surface area contributed by atoms with Crippen LogP contribution >= 0.6 is 0 Å². The molecule has 0 atom stereocenters. The molecule has 0 aliphatic heterocycles. The molecule has 0 saturated heterocycles. The number of nitrogens with one attached hydrogen (secondary N) is 1. The Morgan fingerprint density at radius 1 is 1.44 bits per heavy atom. The lowest BCUT2D eigenvalue weighted by Gasteiger charge is -2.04. The van der Waals surface area contributed by atoms with Crippen LogP contribution in [0.4, 0.5) is 13.2 Å². The lowest BCUT2D eigenvalue weighted by molar-refractivity contribution is -0.178. The first-order valence-corrected chi connectivity index (χ1v) is 4.68. The van der Waals surface area contributed by atoms with Gasteiger partial charge in [0.1, 0.15) is 13.2 Å². The third-order valence-corrected chi connectivity index (χ3v) is 1.53. The molecule has 5 nitrogen and oxygen atoms in total. The van der Waals surface area contributed by atoms with Crippen LogP contribution in [0.3, 0.4) is 0 Å². The van der Waals surface area contributed by atoms with Crippen molar-refractivity contribution in [3.63, 3.8) is 0 Å². The molecule has 8 heteroatoms. The molecule has 1 aromatic rings. The second-order valence-corrected chi connectivity index (χ2v) is 2.99. The SMILES string of the molecule is CCNCc1noc(COCC(F)(F)F)n1. The molecule has 0 saturated carbocycles. The largest absolute Gasteiger partial charge is 0.411 e. The van der Waals surface area contributed by atoms with Crippen LogP contribution in [-0.2, 0) is 17.9 Å². The number of alkyl halides is 3. The monoisotopic (exact) mass is 239 g/mol. The normalized spacial score (nSPS) is 12.0. The molecule has 0 radical (unpaired) electrons. The fourth-order valence-electron chi connectivity index (χ4n) is 0.911. The van der Waals surface area contributed by atoms with Gasteiger partial charge in [0.05, 0.1) is 6.54 Å². The van der Waals surface area contributed by atoms with Gasteiger partial charge in [0.15, 0.2) is 5.82 Å². The van der Waals surface area contributed by atoms with Gasteiger partial charge in [-0.3, -0.25) is 0 Å². The molecule has 1 aromatic heterocycles. The van der Waals surface area contributed by atoms with Crippen molar-refractivity contribution in [3.05, 3.63) is 11.7 Å². The average Bonchev–Trinajstić information content (AvgIpc) is 2.61. The number of hydrogen-bond donors (Lipinski definition) is 1. The summed E-state index contributed by atoms with van der Waals surface area (Å²) in [6.07, 6.45) is -4.34. The summed E-state index contributed by atoms with van der Waals surface area (Å²) in [5.74, 6) is 0.435. The molecule has 0 amide bonds. The quantitative estimate of drug-likeness (QED) is 0.809. The van der Waals surface area contributed by atoms with Crippen LogP contribution in [0.2, 0.25) is 0 Å². The van der Waals surface area contributed by atoms with Gasteiger partial charge in [-0.25, -0.2) is 0 Å². The van der Waals surface area contributed by atoms with Crippen molar-refractivity contribution in [2.24, 2.45) is 0 Å². The second-order valence-electron chi connectivity index (χ2n) is 2.99. The molecule has 0 spiro atoms. The standard InChI is InChI=1S/C8H12F3N3O2/c1-2-12-3-6-13-7(16-14-6)4-15-5-8(9,10)11/h12H,2-5H2,1H3. The van der Waals surface area contributed by atoms with Crippen molar-refractivity contribution < 1.29 is 22.4 Å². The minimum absolute atomic E-state index is 0.0390. The highest BCUT2D eigenvalue weighted by Gasteiger charge is 2.27. The molecule has 1 rings (SSSR count). The summed E-state index contributed by atoms with van der Waals surface area (Å²) < 4.78 is 44.2. The van der Waals surface area contributed by atoms with Crippen molar-refractivity contribution in [2.45, 2.75) is 26.3 Å². The van der Waals surface area contributed by atoms with E-state index >= 15 is 0 Å².